The van der Waals surface area contributed by atoms with Gasteiger partial charge in [-0.1, -0.05) is 11.6 Å². The maximum Gasteiger partial charge on any atom is 0.141 e. The smallest absolute Gasteiger partial charge is 0.141 e. The Bertz CT molecular complexity index is 692. The first kappa shape index (κ1) is 16.2. The van der Waals surface area contributed by atoms with E-state index in [-0.39, 0.29) is 11.1 Å². The molecule has 4 nitrogen and oxygen atoms in total. The number of nitrogens with zero attached hydrogens (tertiary/aromatic N) is 2. The van der Waals surface area contributed by atoms with Gasteiger partial charge in [-0.05, 0) is 40.8 Å². The number of hydrogen-bond donors (Lipinski definition) is 0. The zero-order valence-corrected chi connectivity index (χ0v) is 14.9. The van der Waals surface area contributed by atoms with Gasteiger partial charge in [0.15, 0.2) is 0 Å². The van der Waals surface area contributed by atoms with Crippen LogP contribution < -0.4 is 0 Å². The quantitative estimate of drug-likeness (QED) is 0.692. The van der Waals surface area contributed by atoms with Crippen LogP contribution in [0.15, 0.2) is 18.2 Å². The first-order chi connectivity index (χ1) is 10.6. The molecular weight excluding hydrogens is 422 g/mol. The van der Waals surface area contributed by atoms with Crippen molar-refractivity contribution in [3.8, 4) is 5.69 Å². The van der Waals surface area contributed by atoms with Crippen LogP contribution in [-0.4, -0.2) is 36.2 Å². The average molecular weight is 437 g/mol. The lowest BCUT2D eigenvalue weighted by Gasteiger charge is -2.15. The summed E-state index contributed by atoms with van der Waals surface area (Å²) < 4.78 is 27.2. The zero-order chi connectivity index (χ0) is 15.7. The maximum atomic E-state index is 13.4. The molecule has 1 atom stereocenters. The van der Waals surface area contributed by atoms with Crippen LogP contribution >= 0.6 is 34.2 Å². The standard InChI is InChI=1S/C15H15ClFIN2O2/c1-21-8-10-7-14-11(4-5-22-10)15(18)19-20(14)9-2-3-13(17)12(16)6-9/h2-3,6,10H,4-5,7-8H2,1H3/t10-/m0/s1. The molecule has 1 aromatic carbocycles. The highest BCUT2D eigenvalue weighted by atomic mass is 127. The van der Waals surface area contributed by atoms with Gasteiger partial charge in [-0.25, -0.2) is 9.07 Å². The van der Waals surface area contributed by atoms with Crippen LogP contribution in [0.25, 0.3) is 5.69 Å². The van der Waals surface area contributed by atoms with Gasteiger partial charge < -0.3 is 9.47 Å². The normalized spacial score (nSPS) is 18.1. The van der Waals surface area contributed by atoms with Gasteiger partial charge in [0.05, 0.1) is 35.7 Å². The number of benzene rings is 1. The van der Waals surface area contributed by atoms with E-state index in [1.807, 2.05) is 4.68 Å². The van der Waals surface area contributed by atoms with Crippen molar-refractivity contribution in [1.82, 2.24) is 9.78 Å². The number of methoxy groups -OCH3 is 1. The fraction of sp³-hybridized carbons (Fsp3) is 0.400. The van der Waals surface area contributed by atoms with Gasteiger partial charge in [0.2, 0.25) is 0 Å². The van der Waals surface area contributed by atoms with E-state index in [1.165, 1.54) is 11.6 Å². The van der Waals surface area contributed by atoms with Crippen LogP contribution in [0.3, 0.4) is 0 Å². The molecule has 1 aromatic heterocycles. The molecule has 0 fully saturated rings. The molecule has 2 heterocycles. The molecule has 0 aliphatic carbocycles. The largest absolute Gasteiger partial charge is 0.382 e. The molecule has 1 aliphatic heterocycles. The van der Waals surface area contributed by atoms with Crippen molar-refractivity contribution in [2.24, 2.45) is 0 Å². The van der Waals surface area contributed by atoms with Gasteiger partial charge >= 0.3 is 0 Å². The minimum atomic E-state index is -0.432. The predicted octanol–water partition coefficient (Wildman–Crippen LogP) is 3.40. The van der Waals surface area contributed by atoms with E-state index in [2.05, 4.69) is 27.7 Å². The van der Waals surface area contributed by atoms with Crippen LogP contribution in [0.4, 0.5) is 4.39 Å². The fourth-order valence-corrected chi connectivity index (χ4v) is 3.61. The van der Waals surface area contributed by atoms with E-state index in [1.54, 1.807) is 19.2 Å². The summed E-state index contributed by atoms with van der Waals surface area (Å²) in [4.78, 5) is 0. The van der Waals surface area contributed by atoms with Crippen LogP contribution in [0, 0.1) is 9.52 Å². The summed E-state index contributed by atoms with van der Waals surface area (Å²) in [6.07, 6.45) is 1.50. The van der Waals surface area contributed by atoms with Gasteiger partial charge in [0.1, 0.15) is 9.52 Å². The van der Waals surface area contributed by atoms with Crippen LogP contribution in [0.2, 0.25) is 5.02 Å². The monoisotopic (exact) mass is 436 g/mol. The first-order valence-electron chi connectivity index (χ1n) is 6.92. The lowest BCUT2D eigenvalue weighted by atomic mass is 10.1. The highest BCUT2D eigenvalue weighted by Crippen LogP contribution is 2.27. The Hall–Kier alpha value is -0.700. The third-order valence-corrected chi connectivity index (χ3v) is 4.82. The van der Waals surface area contributed by atoms with Crippen molar-refractivity contribution in [2.75, 3.05) is 20.3 Å². The molecule has 0 N–H and O–H groups in total. The fourth-order valence-electron chi connectivity index (χ4n) is 2.64. The Morgan fingerprint density at radius 2 is 2.36 bits per heavy atom. The molecule has 2 aromatic rings. The highest BCUT2D eigenvalue weighted by molar-refractivity contribution is 14.1. The molecular formula is C15H15ClFIN2O2. The second kappa shape index (κ2) is 6.82. The molecule has 0 bridgehead atoms. The van der Waals surface area contributed by atoms with Crippen molar-refractivity contribution in [1.29, 1.82) is 0 Å². The molecule has 0 spiro atoms. The minimum Gasteiger partial charge on any atom is -0.382 e. The van der Waals surface area contributed by atoms with Crippen molar-refractivity contribution in [2.45, 2.75) is 18.9 Å². The number of rotatable bonds is 3. The molecule has 0 amide bonds. The Labute approximate surface area is 146 Å². The van der Waals surface area contributed by atoms with E-state index < -0.39 is 5.82 Å². The number of fused-ring (bicyclic) bond motifs is 1. The molecule has 0 saturated heterocycles. The second-order valence-corrected chi connectivity index (χ2v) is 6.56. The van der Waals surface area contributed by atoms with Crippen molar-refractivity contribution >= 4 is 34.2 Å². The van der Waals surface area contributed by atoms with Crippen LogP contribution in [0.1, 0.15) is 11.3 Å². The summed E-state index contributed by atoms with van der Waals surface area (Å²) >= 11 is 8.13. The number of hydrogen-bond acceptors (Lipinski definition) is 3. The molecule has 22 heavy (non-hydrogen) atoms. The van der Waals surface area contributed by atoms with Crippen molar-refractivity contribution in [3.05, 3.63) is 44.0 Å². The van der Waals surface area contributed by atoms with Gasteiger partial charge in [0, 0.05) is 25.5 Å². The SMILES string of the molecule is COC[C@@H]1Cc2c(c(I)nn2-c2ccc(F)c(Cl)c2)CCO1. The lowest BCUT2D eigenvalue weighted by molar-refractivity contribution is 0.00314. The van der Waals surface area contributed by atoms with Crippen LogP contribution in [-0.2, 0) is 22.3 Å². The Kier molecular flexibility index (Phi) is 5.01. The molecule has 3 rings (SSSR count). The minimum absolute atomic E-state index is 0.00609. The number of aromatic nitrogens is 2. The summed E-state index contributed by atoms with van der Waals surface area (Å²) in [5.74, 6) is -0.432. The highest BCUT2D eigenvalue weighted by Gasteiger charge is 2.24. The van der Waals surface area contributed by atoms with Crippen molar-refractivity contribution < 1.29 is 13.9 Å². The van der Waals surface area contributed by atoms with Gasteiger partial charge in [-0.2, -0.15) is 5.10 Å². The van der Waals surface area contributed by atoms with Gasteiger partial charge in [-0.15, -0.1) is 0 Å². The molecule has 0 saturated carbocycles. The molecule has 1 aliphatic rings. The zero-order valence-electron chi connectivity index (χ0n) is 12.0. The van der Waals surface area contributed by atoms with Crippen LogP contribution in [0.5, 0.6) is 0 Å². The average Bonchev–Trinajstić information content (AvgIpc) is 2.68. The summed E-state index contributed by atoms with van der Waals surface area (Å²) in [6.45, 7) is 1.18. The topological polar surface area (TPSA) is 36.3 Å². The van der Waals surface area contributed by atoms with E-state index in [9.17, 15) is 4.39 Å². The maximum absolute atomic E-state index is 13.4. The Balaban J connectivity index is 2.04. The summed E-state index contributed by atoms with van der Waals surface area (Å²) in [7, 11) is 1.66. The third-order valence-electron chi connectivity index (χ3n) is 3.67. The summed E-state index contributed by atoms with van der Waals surface area (Å²) in [5, 5.41) is 4.69. The summed E-state index contributed by atoms with van der Waals surface area (Å²) in [6, 6.07) is 4.64. The molecule has 0 unspecified atom stereocenters. The number of halogens is 3. The van der Waals surface area contributed by atoms with E-state index in [4.69, 9.17) is 21.1 Å². The first-order valence-corrected chi connectivity index (χ1v) is 8.38. The molecule has 0 radical (unpaired) electrons. The molecule has 7 heteroatoms. The van der Waals surface area contributed by atoms with Crippen molar-refractivity contribution in [3.63, 3.8) is 0 Å². The van der Waals surface area contributed by atoms with Gasteiger partial charge in [-0.3, -0.25) is 0 Å². The summed E-state index contributed by atoms with van der Waals surface area (Å²) in [5.41, 5.74) is 3.01. The Morgan fingerprint density at radius 1 is 1.55 bits per heavy atom. The number of ether oxygens (including phenoxy) is 2. The lowest BCUT2D eigenvalue weighted by Crippen LogP contribution is -2.22. The predicted molar refractivity (Wildman–Crippen MR) is 90.3 cm³/mol. The third kappa shape index (κ3) is 3.15. The second-order valence-electron chi connectivity index (χ2n) is 5.13. The molecule has 118 valence electrons. The Morgan fingerprint density at radius 3 is 3.09 bits per heavy atom. The van der Waals surface area contributed by atoms with E-state index in [0.717, 1.165) is 21.5 Å². The van der Waals surface area contributed by atoms with Gasteiger partial charge in [0.25, 0.3) is 0 Å². The van der Waals surface area contributed by atoms with E-state index >= 15 is 0 Å². The van der Waals surface area contributed by atoms with E-state index in [0.29, 0.717) is 19.6 Å².